The minimum atomic E-state index is -3.67. The number of hydrogen-bond acceptors (Lipinski definition) is 6. The van der Waals surface area contributed by atoms with Crippen LogP contribution in [-0.4, -0.2) is 83.6 Å². The third kappa shape index (κ3) is 5.06. The van der Waals surface area contributed by atoms with Crippen LogP contribution in [0.4, 0.5) is 0 Å². The zero-order chi connectivity index (χ0) is 23.6. The van der Waals surface area contributed by atoms with E-state index < -0.39 is 10.0 Å². The van der Waals surface area contributed by atoms with Gasteiger partial charge in [-0.15, -0.1) is 0 Å². The number of piperazine rings is 1. The Morgan fingerprint density at radius 2 is 1.58 bits per heavy atom. The number of benzene rings is 1. The maximum atomic E-state index is 13.2. The molecule has 2 saturated heterocycles. The lowest BCUT2D eigenvalue weighted by atomic mass is 9.94. The molecular weight excluding hydrogens is 442 g/mol. The number of aromatic nitrogens is 2. The fraction of sp³-hybridized carbons (Fsp3) is 0.478. The van der Waals surface area contributed by atoms with Crippen LogP contribution in [0, 0.1) is 11.8 Å². The predicted molar refractivity (Wildman–Crippen MR) is 122 cm³/mol. The largest absolute Gasteiger partial charge is 0.335 e. The molecule has 2 atom stereocenters. The van der Waals surface area contributed by atoms with Crippen molar-refractivity contribution >= 4 is 21.8 Å². The van der Waals surface area contributed by atoms with E-state index in [4.69, 9.17) is 0 Å². The smallest absolute Gasteiger partial charge is 0.274 e. The molecule has 2 aromatic rings. The first-order valence-electron chi connectivity index (χ1n) is 11.2. The highest BCUT2D eigenvalue weighted by Gasteiger charge is 2.32. The van der Waals surface area contributed by atoms with E-state index in [1.807, 2.05) is 0 Å². The standard InChI is InChI=1S/C23H29N5O4S/c1-17-12-18(2)16-28(15-17)33(31,32)20-5-3-4-19(13-20)22(29)26-8-10-27(11-9-26)23(30)21-14-24-6-7-25-21/h3-7,13-14,17-18H,8-12,15-16H2,1-2H3. The number of rotatable bonds is 4. The third-order valence-electron chi connectivity index (χ3n) is 6.19. The monoisotopic (exact) mass is 471 g/mol. The molecule has 0 saturated carbocycles. The van der Waals surface area contributed by atoms with E-state index in [9.17, 15) is 18.0 Å². The molecule has 2 amide bonds. The van der Waals surface area contributed by atoms with Crippen molar-refractivity contribution in [2.45, 2.75) is 25.2 Å². The summed E-state index contributed by atoms with van der Waals surface area (Å²) in [5.74, 6) is 0.149. The summed E-state index contributed by atoms with van der Waals surface area (Å²) in [6.45, 7) is 6.59. The van der Waals surface area contributed by atoms with Gasteiger partial charge in [-0.25, -0.2) is 13.4 Å². The number of sulfonamides is 1. The van der Waals surface area contributed by atoms with Crippen molar-refractivity contribution in [2.75, 3.05) is 39.3 Å². The molecule has 2 fully saturated rings. The zero-order valence-corrected chi connectivity index (χ0v) is 19.7. The first kappa shape index (κ1) is 23.3. The molecule has 0 aliphatic carbocycles. The van der Waals surface area contributed by atoms with Crippen LogP contribution in [0.25, 0.3) is 0 Å². The van der Waals surface area contributed by atoms with E-state index in [0.29, 0.717) is 56.7 Å². The van der Waals surface area contributed by atoms with Crippen LogP contribution in [-0.2, 0) is 10.0 Å². The highest BCUT2D eigenvalue weighted by Crippen LogP contribution is 2.27. The molecule has 0 radical (unpaired) electrons. The Morgan fingerprint density at radius 3 is 2.18 bits per heavy atom. The van der Waals surface area contributed by atoms with E-state index in [1.165, 1.54) is 29.0 Å². The SMILES string of the molecule is CC1CC(C)CN(S(=O)(=O)c2cccc(C(=O)N3CCN(C(=O)c4cnccn4)CC3)c2)C1. The average molecular weight is 472 g/mol. The van der Waals surface area contributed by atoms with Gasteiger partial charge >= 0.3 is 0 Å². The fourth-order valence-corrected chi connectivity index (χ4v) is 6.33. The van der Waals surface area contributed by atoms with Gasteiger partial charge in [0.25, 0.3) is 11.8 Å². The molecule has 1 aromatic heterocycles. The molecule has 2 aliphatic heterocycles. The molecule has 176 valence electrons. The average Bonchev–Trinajstić information content (AvgIpc) is 2.83. The van der Waals surface area contributed by atoms with Crippen molar-refractivity contribution in [2.24, 2.45) is 11.8 Å². The van der Waals surface area contributed by atoms with Crippen molar-refractivity contribution in [3.63, 3.8) is 0 Å². The molecule has 4 rings (SSSR count). The van der Waals surface area contributed by atoms with Gasteiger partial charge in [0.1, 0.15) is 5.69 Å². The number of carbonyl (C=O) groups is 2. The summed E-state index contributed by atoms with van der Waals surface area (Å²) in [6.07, 6.45) is 5.42. The van der Waals surface area contributed by atoms with Crippen molar-refractivity contribution in [3.05, 3.63) is 54.1 Å². The van der Waals surface area contributed by atoms with Crippen molar-refractivity contribution in [3.8, 4) is 0 Å². The fourth-order valence-electron chi connectivity index (χ4n) is 4.61. The summed E-state index contributed by atoms with van der Waals surface area (Å²) in [7, 11) is -3.67. The topological polar surface area (TPSA) is 104 Å². The van der Waals surface area contributed by atoms with Gasteiger partial charge in [0.05, 0.1) is 11.1 Å². The minimum absolute atomic E-state index is 0.145. The number of hydrogen-bond donors (Lipinski definition) is 0. The Balaban J connectivity index is 1.44. The Bertz CT molecular complexity index is 1110. The second-order valence-electron chi connectivity index (χ2n) is 8.97. The van der Waals surface area contributed by atoms with Crippen LogP contribution >= 0.6 is 0 Å². The van der Waals surface area contributed by atoms with Gasteiger partial charge in [-0.3, -0.25) is 14.6 Å². The molecule has 10 heteroatoms. The van der Waals surface area contributed by atoms with E-state index in [-0.39, 0.29) is 22.4 Å². The van der Waals surface area contributed by atoms with E-state index in [1.54, 1.807) is 28.0 Å². The summed E-state index contributed by atoms with van der Waals surface area (Å²) in [4.78, 5) is 37.1. The highest BCUT2D eigenvalue weighted by atomic mass is 32.2. The Labute approximate surface area is 194 Å². The molecule has 0 N–H and O–H groups in total. The first-order valence-corrected chi connectivity index (χ1v) is 12.6. The van der Waals surface area contributed by atoms with E-state index in [0.717, 1.165) is 6.42 Å². The van der Waals surface area contributed by atoms with Gasteiger partial charge < -0.3 is 9.80 Å². The highest BCUT2D eigenvalue weighted by molar-refractivity contribution is 7.89. The van der Waals surface area contributed by atoms with E-state index >= 15 is 0 Å². The van der Waals surface area contributed by atoms with Crippen molar-refractivity contribution in [1.82, 2.24) is 24.1 Å². The molecule has 0 bridgehead atoms. The number of amides is 2. The van der Waals surface area contributed by atoms with Gasteiger partial charge in [-0.1, -0.05) is 19.9 Å². The van der Waals surface area contributed by atoms with Crippen LogP contribution in [0.15, 0.2) is 47.8 Å². The van der Waals surface area contributed by atoms with Crippen LogP contribution in [0.5, 0.6) is 0 Å². The molecule has 0 spiro atoms. The maximum absolute atomic E-state index is 13.2. The van der Waals surface area contributed by atoms with Crippen LogP contribution in [0.3, 0.4) is 0 Å². The summed E-state index contributed by atoms with van der Waals surface area (Å²) in [5, 5.41) is 0. The summed E-state index contributed by atoms with van der Waals surface area (Å²) in [6, 6.07) is 6.27. The quantitative estimate of drug-likeness (QED) is 0.673. The molecule has 3 heterocycles. The zero-order valence-electron chi connectivity index (χ0n) is 18.9. The molecule has 33 heavy (non-hydrogen) atoms. The number of carbonyl (C=O) groups excluding carboxylic acids is 2. The molecule has 9 nitrogen and oxygen atoms in total. The van der Waals surface area contributed by atoms with Gasteiger partial charge in [0, 0.05) is 57.2 Å². The Morgan fingerprint density at radius 1 is 0.939 bits per heavy atom. The lowest BCUT2D eigenvalue weighted by Crippen LogP contribution is -2.50. The summed E-state index contributed by atoms with van der Waals surface area (Å²) >= 11 is 0. The van der Waals surface area contributed by atoms with Crippen LogP contribution < -0.4 is 0 Å². The van der Waals surface area contributed by atoms with Gasteiger partial charge in [-0.2, -0.15) is 4.31 Å². The molecule has 1 aromatic carbocycles. The molecular formula is C23H29N5O4S. The summed E-state index contributed by atoms with van der Waals surface area (Å²) < 4.78 is 28.0. The van der Waals surface area contributed by atoms with Crippen LogP contribution in [0.2, 0.25) is 0 Å². The van der Waals surface area contributed by atoms with Gasteiger partial charge in [0.2, 0.25) is 10.0 Å². The minimum Gasteiger partial charge on any atom is -0.335 e. The predicted octanol–water partition coefficient (Wildman–Crippen LogP) is 1.74. The third-order valence-corrected chi connectivity index (χ3v) is 8.02. The van der Waals surface area contributed by atoms with Crippen molar-refractivity contribution in [1.29, 1.82) is 0 Å². The summed E-state index contributed by atoms with van der Waals surface area (Å²) in [5.41, 5.74) is 0.611. The molecule has 2 unspecified atom stereocenters. The Kier molecular flexibility index (Phi) is 6.76. The van der Waals surface area contributed by atoms with Gasteiger partial charge in [-0.05, 0) is 36.5 Å². The van der Waals surface area contributed by atoms with Crippen LogP contribution in [0.1, 0.15) is 41.1 Å². The Hall–Kier alpha value is -2.85. The first-order chi connectivity index (χ1) is 15.8. The lowest BCUT2D eigenvalue weighted by Gasteiger charge is -2.35. The normalized spacial score (nSPS) is 22.2. The number of piperidine rings is 1. The maximum Gasteiger partial charge on any atom is 0.274 e. The second-order valence-corrected chi connectivity index (χ2v) is 10.9. The number of nitrogens with zero attached hydrogens (tertiary/aromatic N) is 5. The van der Waals surface area contributed by atoms with Crippen molar-refractivity contribution < 1.29 is 18.0 Å². The van der Waals surface area contributed by atoms with Gasteiger partial charge in [0.15, 0.2) is 0 Å². The molecule has 2 aliphatic rings. The lowest BCUT2D eigenvalue weighted by molar-refractivity contribution is 0.0532. The second kappa shape index (κ2) is 9.56. The van der Waals surface area contributed by atoms with E-state index in [2.05, 4.69) is 23.8 Å².